The third-order valence-electron chi connectivity index (χ3n) is 5.11. The van der Waals surface area contributed by atoms with E-state index in [0.29, 0.717) is 26.5 Å². The van der Waals surface area contributed by atoms with Crippen LogP contribution < -0.4 is 0 Å². The Labute approximate surface area is 202 Å². The second-order valence-corrected chi connectivity index (χ2v) is 8.38. The van der Waals surface area contributed by atoms with Gasteiger partial charge in [0.15, 0.2) is 0 Å². The third kappa shape index (κ3) is 3.95. The minimum absolute atomic E-state index is 0.0134. The molecule has 0 saturated carbocycles. The minimum Gasteiger partial charge on any atom is -0.508 e. The molecule has 3 heterocycles. The van der Waals surface area contributed by atoms with Gasteiger partial charge in [0.1, 0.15) is 10.9 Å². The number of phenols is 1. The SMILES string of the molecule is O=C(c1noc(-c2ccncc2)n1)c1c(Cl)n(Cc2ccc(Cl)cc2Cl)c2ccc(O)cc12. The van der Waals surface area contributed by atoms with Crippen LogP contribution in [0.3, 0.4) is 0 Å². The van der Waals surface area contributed by atoms with Gasteiger partial charge in [-0.1, -0.05) is 46.0 Å². The van der Waals surface area contributed by atoms with Crippen LogP contribution in [0.15, 0.2) is 65.4 Å². The number of halogens is 3. The van der Waals surface area contributed by atoms with Crippen molar-refractivity contribution < 1.29 is 14.4 Å². The monoisotopic (exact) mass is 498 g/mol. The number of aromatic nitrogens is 4. The summed E-state index contributed by atoms with van der Waals surface area (Å²) >= 11 is 19.1. The van der Waals surface area contributed by atoms with Gasteiger partial charge in [0, 0.05) is 33.4 Å². The predicted molar refractivity (Wildman–Crippen MR) is 125 cm³/mol. The van der Waals surface area contributed by atoms with E-state index in [1.165, 1.54) is 12.1 Å². The van der Waals surface area contributed by atoms with Crippen molar-refractivity contribution in [2.24, 2.45) is 0 Å². The summed E-state index contributed by atoms with van der Waals surface area (Å²) in [5.74, 6) is -0.534. The van der Waals surface area contributed by atoms with Gasteiger partial charge in [-0.05, 0) is 48.0 Å². The molecule has 0 amide bonds. The van der Waals surface area contributed by atoms with Gasteiger partial charge in [0.25, 0.3) is 5.89 Å². The van der Waals surface area contributed by atoms with Crippen molar-refractivity contribution in [2.75, 3.05) is 0 Å². The maximum Gasteiger partial charge on any atom is 0.258 e. The van der Waals surface area contributed by atoms with Crippen molar-refractivity contribution in [1.82, 2.24) is 19.7 Å². The average molecular weight is 500 g/mol. The second kappa shape index (κ2) is 8.51. The smallest absolute Gasteiger partial charge is 0.258 e. The molecule has 164 valence electrons. The van der Waals surface area contributed by atoms with Gasteiger partial charge < -0.3 is 14.2 Å². The molecule has 0 unspecified atom stereocenters. The zero-order chi connectivity index (χ0) is 23.1. The number of fused-ring (bicyclic) bond motifs is 1. The Balaban J connectivity index is 1.61. The molecule has 0 spiro atoms. The van der Waals surface area contributed by atoms with Crippen molar-refractivity contribution >= 4 is 51.5 Å². The Hall–Kier alpha value is -3.39. The number of hydrogen-bond acceptors (Lipinski definition) is 6. The lowest BCUT2D eigenvalue weighted by molar-refractivity contribution is 0.102. The largest absolute Gasteiger partial charge is 0.508 e. The molecule has 33 heavy (non-hydrogen) atoms. The Morgan fingerprint density at radius 3 is 2.58 bits per heavy atom. The lowest BCUT2D eigenvalue weighted by Crippen LogP contribution is -2.06. The van der Waals surface area contributed by atoms with Crippen LogP contribution in [0.1, 0.15) is 21.7 Å². The number of nitrogens with zero attached hydrogens (tertiary/aromatic N) is 4. The highest BCUT2D eigenvalue weighted by atomic mass is 35.5. The molecule has 0 bridgehead atoms. The van der Waals surface area contributed by atoms with E-state index in [4.69, 9.17) is 39.3 Å². The number of carbonyl (C=O) groups excluding carboxylic acids is 1. The zero-order valence-electron chi connectivity index (χ0n) is 16.7. The molecule has 5 rings (SSSR count). The summed E-state index contributed by atoms with van der Waals surface area (Å²) in [6.07, 6.45) is 3.16. The maximum atomic E-state index is 13.4. The molecule has 1 N–H and O–H groups in total. The summed E-state index contributed by atoms with van der Waals surface area (Å²) in [5.41, 5.74) is 2.16. The van der Waals surface area contributed by atoms with E-state index >= 15 is 0 Å². The van der Waals surface area contributed by atoms with E-state index in [-0.39, 0.29) is 34.7 Å². The lowest BCUT2D eigenvalue weighted by atomic mass is 10.1. The number of phenolic OH excluding ortho intramolecular Hbond substituents is 1. The van der Waals surface area contributed by atoms with Gasteiger partial charge in [0.2, 0.25) is 11.6 Å². The van der Waals surface area contributed by atoms with Crippen molar-refractivity contribution in [3.8, 4) is 17.2 Å². The summed E-state index contributed by atoms with van der Waals surface area (Å²) in [6, 6.07) is 13.2. The molecule has 7 nitrogen and oxygen atoms in total. The van der Waals surface area contributed by atoms with Gasteiger partial charge in [-0.25, -0.2) is 0 Å². The Kier molecular flexibility index (Phi) is 5.54. The standard InChI is InChI=1S/C23H13Cl3N4O3/c24-14-2-1-13(17(25)9-14)11-30-18-4-3-15(31)10-16(18)19(21(30)26)20(32)22-28-23(33-29-22)12-5-7-27-8-6-12/h1-10,31H,11H2. The van der Waals surface area contributed by atoms with Crippen LogP contribution >= 0.6 is 34.8 Å². The van der Waals surface area contributed by atoms with Crippen molar-refractivity contribution in [3.63, 3.8) is 0 Å². The van der Waals surface area contributed by atoms with Crippen molar-refractivity contribution in [3.05, 3.63) is 93.1 Å². The third-order valence-corrected chi connectivity index (χ3v) is 6.09. The second-order valence-electron chi connectivity index (χ2n) is 7.18. The van der Waals surface area contributed by atoms with Crippen molar-refractivity contribution in [2.45, 2.75) is 6.54 Å². The topological polar surface area (TPSA) is 94.0 Å². The molecule has 0 aliphatic heterocycles. The molecule has 0 fully saturated rings. The van der Waals surface area contributed by atoms with Crippen LogP contribution in [-0.2, 0) is 6.54 Å². The van der Waals surface area contributed by atoms with Gasteiger partial charge >= 0.3 is 0 Å². The van der Waals surface area contributed by atoms with Gasteiger partial charge in [-0.15, -0.1) is 0 Å². The summed E-state index contributed by atoms with van der Waals surface area (Å²) in [7, 11) is 0. The maximum absolute atomic E-state index is 13.4. The number of aromatic hydroxyl groups is 1. The molecule has 0 aliphatic rings. The van der Waals surface area contributed by atoms with Crippen LogP contribution in [0.25, 0.3) is 22.4 Å². The van der Waals surface area contributed by atoms with E-state index in [9.17, 15) is 9.90 Å². The highest BCUT2D eigenvalue weighted by Crippen LogP contribution is 2.35. The molecular weight excluding hydrogens is 487 g/mol. The molecular formula is C23H13Cl3N4O3. The van der Waals surface area contributed by atoms with Crippen LogP contribution in [0.4, 0.5) is 0 Å². The summed E-state index contributed by atoms with van der Waals surface area (Å²) in [4.78, 5) is 21.6. The highest BCUT2D eigenvalue weighted by Gasteiger charge is 2.27. The normalized spacial score (nSPS) is 11.2. The first-order valence-electron chi connectivity index (χ1n) is 9.66. The van der Waals surface area contributed by atoms with E-state index in [1.807, 2.05) is 0 Å². The Bertz CT molecular complexity index is 1510. The van der Waals surface area contributed by atoms with E-state index in [0.717, 1.165) is 5.56 Å². The fourth-order valence-corrected chi connectivity index (χ4v) is 4.35. The Morgan fingerprint density at radius 2 is 1.82 bits per heavy atom. The fraction of sp³-hybridized carbons (Fsp3) is 0.0435. The molecule has 0 atom stereocenters. The molecule has 2 aromatic carbocycles. The number of hydrogen-bond donors (Lipinski definition) is 1. The molecule has 5 aromatic rings. The summed E-state index contributed by atoms with van der Waals surface area (Å²) < 4.78 is 6.98. The van der Waals surface area contributed by atoms with E-state index in [2.05, 4.69) is 15.1 Å². The number of ketones is 1. The van der Waals surface area contributed by atoms with Crippen LogP contribution in [0.2, 0.25) is 15.2 Å². The first kappa shape index (κ1) is 21.5. The predicted octanol–water partition coefficient (Wildman–Crippen LogP) is 6.03. The lowest BCUT2D eigenvalue weighted by Gasteiger charge is -2.09. The Morgan fingerprint density at radius 1 is 1.03 bits per heavy atom. The molecule has 0 saturated heterocycles. The average Bonchev–Trinajstić information content (AvgIpc) is 3.39. The van der Waals surface area contributed by atoms with E-state index in [1.54, 1.807) is 53.4 Å². The van der Waals surface area contributed by atoms with Gasteiger partial charge in [-0.3, -0.25) is 9.78 Å². The first-order chi connectivity index (χ1) is 15.9. The number of carbonyl (C=O) groups is 1. The number of benzene rings is 2. The number of rotatable bonds is 5. The molecule has 0 radical (unpaired) electrons. The van der Waals surface area contributed by atoms with Crippen LogP contribution in [0.5, 0.6) is 5.75 Å². The molecule has 10 heteroatoms. The van der Waals surface area contributed by atoms with E-state index < -0.39 is 5.78 Å². The molecule has 3 aromatic heterocycles. The summed E-state index contributed by atoms with van der Waals surface area (Å²) in [5, 5.41) is 15.5. The fourth-order valence-electron chi connectivity index (χ4n) is 3.54. The van der Waals surface area contributed by atoms with Crippen LogP contribution in [-0.4, -0.2) is 30.6 Å². The van der Waals surface area contributed by atoms with Gasteiger partial charge in [-0.2, -0.15) is 4.98 Å². The van der Waals surface area contributed by atoms with Crippen molar-refractivity contribution in [1.29, 1.82) is 0 Å². The quantitative estimate of drug-likeness (QED) is 0.297. The summed E-state index contributed by atoms with van der Waals surface area (Å²) in [6.45, 7) is 0.276. The first-order valence-corrected chi connectivity index (χ1v) is 10.8. The van der Waals surface area contributed by atoms with Gasteiger partial charge in [0.05, 0.1) is 17.6 Å². The zero-order valence-corrected chi connectivity index (χ0v) is 18.9. The highest BCUT2D eigenvalue weighted by molar-refractivity contribution is 6.37. The minimum atomic E-state index is -0.541. The molecule has 0 aliphatic carbocycles. The van der Waals surface area contributed by atoms with Crippen LogP contribution in [0, 0.1) is 0 Å². The number of pyridine rings is 1.